The van der Waals surface area contributed by atoms with Gasteiger partial charge in [0.2, 0.25) is 0 Å². The van der Waals surface area contributed by atoms with E-state index in [-0.39, 0.29) is 0 Å². The van der Waals surface area contributed by atoms with Gasteiger partial charge in [-0.15, -0.1) is 6.58 Å². The molecule has 64 valence electrons. The highest BCUT2D eigenvalue weighted by Crippen LogP contribution is 2.06. The highest BCUT2D eigenvalue weighted by Gasteiger charge is 2.11. The molecule has 0 saturated heterocycles. The molecule has 0 aliphatic carbocycles. The van der Waals surface area contributed by atoms with Crippen LogP contribution in [-0.2, 0) is 4.94 Å². The van der Waals surface area contributed by atoms with E-state index in [1.54, 1.807) is 6.08 Å². The molecule has 3 nitrogen and oxygen atoms in total. The van der Waals surface area contributed by atoms with Crippen LogP contribution in [0.15, 0.2) is 41.7 Å². The van der Waals surface area contributed by atoms with Crippen LogP contribution < -0.4 is 5.48 Å². The Morgan fingerprint density at radius 3 is 3.17 bits per heavy atom. The Morgan fingerprint density at radius 1 is 1.67 bits per heavy atom. The zero-order chi connectivity index (χ0) is 8.81. The normalized spacial score (nSPS) is 19.1. The first-order valence-corrected chi connectivity index (χ1v) is 3.81. The van der Waals surface area contributed by atoms with Crippen molar-refractivity contribution in [2.75, 3.05) is 0 Å². The van der Waals surface area contributed by atoms with Crippen molar-refractivity contribution in [1.82, 2.24) is 5.48 Å². The van der Waals surface area contributed by atoms with Gasteiger partial charge in [0.05, 0.1) is 5.70 Å². The van der Waals surface area contributed by atoms with Gasteiger partial charge in [-0.25, -0.2) is 0 Å². The Balaban J connectivity index is 2.66. The van der Waals surface area contributed by atoms with E-state index in [4.69, 9.17) is 4.94 Å². The predicted molar refractivity (Wildman–Crippen MR) is 49.4 cm³/mol. The number of nitrogens with one attached hydrogen (secondary N) is 1. The third kappa shape index (κ3) is 1.99. The first-order chi connectivity index (χ1) is 5.88. The highest BCUT2D eigenvalue weighted by atomic mass is 16.8. The molecular weight excluding hydrogens is 152 g/mol. The third-order valence-corrected chi connectivity index (χ3v) is 1.42. The van der Waals surface area contributed by atoms with Crippen molar-refractivity contribution in [1.29, 1.82) is 0 Å². The van der Waals surface area contributed by atoms with Gasteiger partial charge in [-0.1, -0.05) is 23.4 Å². The second-order valence-electron chi connectivity index (χ2n) is 2.33. The number of hydroxylamine groups is 1. The summed E-state index contributed by atoms with van der Waals surface area (Å²) in [5.41, 5.74) is 4.46. The summed E-state index contributed by atoms with van der Waals surface area (Å²) in [7, 11) is 0. The zero-order valence-corrected chi connectivity index (χ0v) is 7.08. The summed E-state index contributed by atoms with van der Waals surface area (Å²) in [6.07, 6.45) is 8.29. The third-order valence-electron chi connectivity index (χ3n) is 1.42. The maximum atomic E-state index is 4.71. The summed E-state index contributed by atoms with van der Waals surface area (Å²) < 4.78 is 0. The molecule has 1 aliphatic heterocycles. The largest absolute Gasteiger partial charge is 0.270 e. The number of allylic oxidation sites excluding steroid dienone is 5. The lowest BCUT2D eigenvalue weighted by Crippen LogP contribution is -2.08. The molecule has 0 radical (unpaired) electrons. The van der Waals surface area contributed by atoms with E-state index in [1.807, 2.05) is 25.2 Å². The molecule has 1 aliphatic rings. The van der Waals surface area contributed by atoms with Gasteiger partial charge in [0.1, 0.15) is 5.71 Å². The molecule has 3 heteroatoms. The number of oxime groups is 1. The minimum atomic E-state index is 0.719. The molecule has 0 fully saturated rings. The van der Waals surface area contributed by atoms with Crippen molar-refractivity contribution in [3.63, 3.8) is 0 Å². The number of hydrogen-bond acceptors (Lipinski definition) is 3. The molecule has 0 atom stereocenters. The molecule has 0 aromatic carbocycles. The molecule has 0 bridgehead atoms. The predicted octanol–water partition coefficient (Wildman–Crippen LogP) is 1.91. The fraction of sp³-hybridized carbons (Fsp3) is 0.222. The maximum absolute atomic E-state index is 4.71. The van der Waals surface area contributed by atoms with E-state index >= 15 is 0 Å². The van der Waals surface area contributed by atoms with Gasteiger partial charge in [0, 0.05) is 6.42 Å². The van der Waals surface area contributed by atoms with Crippen LogP contribution in [0.2, 0.25) is 0 Å². The molecule has 0 saturated carbocycles. The minimum Gasteiger partial charge on any atom is -0.270 e. The van der Waals surface area contributed by atoms with E-state index in [0.29, 0.717) is 0 Å². The number of nitrogens with zero attached hydrogens (tertiary/aromatic N) is 1. The summed E-state index contributed by atoms with van der Waals surface area (Å²) in [5.74, 6) is 0. The summed E-state index contributed by atoms with van der Waals surface area (Å²) in [6, 6.07) is 0. The average molecular weight is 164 g/mol. The van der Waals surface area contributed by atoms with Crippen molar-refractivity contribution in [2.45, 2.75) is 13.3 Å². The standard InChI is InChI=1S/C9H12N2O/c1-3-5-7-9-8(6-4-2)10-12-11-9/h3-5,7,11H,2,6H2,1H3/b5-3-,9-7+. The van der Waals surface area contributed by atoms with E-state index in [2.05, 4.69) is 17.2 Å². The quantitative estimate of drug-likeness (QED) is 0.646. The van der Waals surface area contributed by atoms with Gasteiger partial charge in [-0.05, 0) is 13.0 Å². The average Bonchev–Trinajstić information content (AvgIpc) is 2.50. The van der Waals surface area contributed by atoms with Crippen LogP contribution in [0, 0.1) is 0 Å². The van der Waals surface area contributed by atoms with Crippen molar-refractivity contribution in [3.8, 4) is 0 Å². The summed E-state index contributed by atoms with van der Waals surface area (Å²) in [6.45, 7) is 5.59. The molecule has 12 heavy (non-hydrogen) atoms. The van der Waals surface area contributed by atoms with Crippen molar-refractivity contribution in [2.24, 2.45) is 5.16 Å². The second-order valence-corrected chi connectivity index (χ2v) is 2.33. The van der Waals surface area contributed by atoms with Crippen LogP contribution in [-0.4, -0.2) is 5.71 Å². The lowest BCUT2D eigenvalue weighted by atomic mass is 10.2. The van der Waals surface area contributed by atoms with Crippen LogP contribution in [0.3, 0.4) is 0 Å². The molecule has 0 unspecified atom stereocenters. The molecular formula is C9H12N2O. The van der Waals surface area contributed by atoms with Crippen LogP contribution in [0.25, 0.3) is 0 Å². The fourth-order valence-electron chi connectivity index (χ4n) is 0.842. The Bertz CT molecular complexity index is 251. The number of hydrogen-bond donors (Lipinski definition) is 1. The first-order valence-electron chi connectivity index (χ1n) is 3.81. The van der Waals surface area contributed by atoms with Gasteiger partial charge >= 0.3 is 0 Å². The van der Waals surface area contributed by atoms with E-state index < -0.39 is 0 Å². The molecule has 0 amide bonds. The first kappa shape index (κ1) is 8.59. The molecule has 1 rings (SSSR count). The molecule has 0 aromatic heterocycles. The number of rotatable bonds is 3. The van der Waals surface area contributed by atoms with Gasteiger partial charge in [-0.3, -0.25) is 4.94 Å². The van der Waals surface area contributed by atoms with Crippen molar-refractivity contribution in [3.05, 3.63) is 36.6 Å². The van der Waals surface area contributed by atoms with Crippen LogP contribution in [0.5, 0.6) is 0 Å². The smallest absolute Gasteiger partial charge is 0.113 e. The zero-order valence-electron chi connectivity index (χ0n) is 7.08. The Hall–Kier alpha value is -1.51. The van der Waals surface area contributed by atoms with Crippen LogP contribution in [0.4, 0.5) is 0 Å². The Labute approximate surface area is 72.1 Å². The van der Waals surface area contributed by atoms with E-state index in [9.17, 15) is 0 Å². The minimum absolute atomic E-state index is 0.719. The van der Waals surface area contributed by atoms with Gasteiger partial charge in [0.15, 0.2) is 0 Å². The maximum Gasteiger partial charge on any atom is 0.113 e. The summed E-state index contributed by atoms with van der Waals surface area (Å²) >= 11 is 0. The fourth-order valence-corrected chi connectivity index (χ4v) is 0.842. The van der Waals surface area contributed by atoms with Crippen molar-refractivity contribution < 1.29 is 4.94 Å². The lowest BCUT2D eigenvalue weighted by molar-refractivity contribution is 0.0905. The van der Waals surface area contributed by atoms with E-state index in [0.717, 1.165) is 17.8 Å². The van der Waals surface area contributed by atoms with Gasteiger partial charge < -0.3 is 0 Å². The van der Waals surface area contributed by atoms with Crippen molar-refractivity contribution >= 4 is 5.71 Å². The van der Waals surface area contributed by atoms with Crippen LogP contribution in [0.1, 0.15) is 13.3 Å². The lowest BCUT2D eigenvalue weighted by Gasteiger charge is -1.94. The molecule has 0 aromatic rings. The molecule has 1 heterocycles. The summed E-state index contributed by atoms with van der Waals surface area (Å²) in [4.78, 5) is 4.71. The Morgan fingerprint density at radius 2 is 2.50 bits per heavy atom. The molecule has 0 spiro atoms. The SMILES string of the molecule is C=CCC1=NON/C1=C/C=C\C. The molecule has 1 N–H and O–H groups in total. The topological polar surface area (TPSA) is 33.6 Å². The highest BCUT2D eigenvalue weighted by molar-refractivity contribution is 6.00. The monoisotopic (exact) mass is 164 g/mol. The van der Waals surface area contributed by atoms with Gasteiger partial charge in [-0.2, -0.15) is 5.48 Å². The second kappa shape index (κ2) is 4.38. The summed E-state index contributed by atoms with van der Waals surface area (Å²) in [5, 5.41) is 3.79. The van der Waals surface area contributed by atoms with Crippen LogP contribution >= 0.6 is 0 Å². The van der Waals surface area contributed by atoms with E-state index in [1.165, 1.54) is 0 Å². The Kier molecular flexibility index (Phi) is 3.14. The van der Waals surface area contributed by atoms with Gasteiger partial charge in [0.25, 0.3) is 0 Å².